The summed E-state index contributed by atoms with van der Waals surface area (Å²) in [5.41, 5.74) is 6.33. The Hall–Kier alpha value is -2.60. The van der Waals surface area contributed by atoms with Gasteiger partial charge in [0.1, 0.15) is 0 Å². The molecule has 0 aliphatic carbocycles. The normalized spacial score (nSPS) is 10.3. The Morgan fingerprint density at radius 2 is 1.29 bits per heavy atom. The van der Waals surface area contributed by atoms with Crippen molar-refractivity contribution in [3.63, 3.8) is 0 Å². The van der Waals surface area contributed by atoms with Crippen LogP contribution in [0.3, 0.4) is 0 Å². The van der Waals surface area contributed by atoms with Gasteiger partial charge in [0.05, 0.1) is 0 Å². The van der Waals surface area contributed by atoms with E-state index in [2.05, 4.69) is 79.4 Å². The Kier molecular flexibility index (Phi) is 3.97. The largest absolute Gasteiger partial charge is 0.0984 e. The van der Waals surface area contributed by atoms with Gasteiger partial charge in [-0.2, -0.15) is 0 Å². The van der Waals surface area contributed by atoms with Crippen LogP contribution in [0.15, 0.2) is 85.4 Å². The second-order valence-electron chi connectivity index (χ2n) is 5.15. The van der Waals surface area contributed by atoms with Crippen LogP contribution in [0.4, 0.5) is 0 Å². The van der Waals surface area contributed by atoms with Crippen molar-refractivity contribution in [3.8, 4) is 11.1 Å². The van der Waals surface area contributed by atoms with Gasteiger partial charge in [0.15, 0.2) is 0 Å². The molecular weight excluding hydrogens is 252 g/mol. The highest BCUT2D eigenvalue weighted by Gasteiger charge is 2.02. The Morgan fingerprint density at radius 3 is 2.00 bits per heavy atom. The molecule has 3 aromatic rings. The van der Waals surface area contributed by atoms with Crippen LogP contribution in [-0.2, 0) is 6.42 Å². The molecule has 0 amide bonds. The van der Waals surface area contributed by atoms with E-state index in [0.717, 1.165) is 6.42 Å². The van der Waals surface area contributed by atoms with E-state index in [9.17, 15) is 0 Å². The maximum absolute atomic E-state index is 3.89. The van der Waals surface area contributed by atoms with E-state index in [-0.39, 0.29) is 0 Å². The van der Waals surface area contributed by atoms with Crippen LogP contribution in [0.1, 0.15) is 16.7 Å². The fraction of sp³-hybridized carbons (Fsp3) is 0.0476. The predicted octanol–water partition coefficient (Wildman–Crippen LogP) is 5.59. The molecule has 0 saturated heterocycles. The summed E-state index contributed by atoms with van der Waals surface area (Å²) in [6, 6.07) is 27.7. The number of hydrogen-bond donors (Lipinski definition) is 0. The second kappa shape index (κ2) is 6.23. The lowest BCUT2D eigenvalue weighted by Gasteiger charge is -2.08. The van der Waals surface area contributed by atoms with Crippen molar-refractivity contribution < 1.29 is 0 Å². The monoisotopic (exact) mass is 270 g/mol. The van der Waals surface area contributed by atoms with Gasteiger partial charge in [-0.05, 0) is 34.2 Å². The van der Waals surface area contributed by atoms with Crippen LogP contribution in [0, 0.1) is 0 Å². The van der Waals surface area contributed by atoms with Crippen molar-refractivity contribution >= 4 is 6.08 Å². The zero-order valence-corrected chi connectivity index (χ0v) is 12.0. The van der Waals surface area contributed by atoms with Crippen LogP contribution >= 0.6 is 0 Å². The van der Waals surface area contributed by atoms with Crippen molar-refractivity contribution in [2.45, 2.75) is 6.42 Å². The van der Waals surface area contributed by atoms with Crippen LogP contribution in [-0.4, -0.2) is 0 Å². The summed E-state index contributed by atoms with van der Waals surface area (Å²) >= 11 is 0. The summed E-state index contributed by atoms with van der Waals surface area (Å²) in [4.78, 5) is 0. The summed E-state index contributed by atoms with van der Waals surface area (Å²) in [5, 5.41) is 0. The third-order valence-corrected chi connectivity index (χ3v) is 3.70. The molecule has 0 radical (unpaired) electrons. The quantitative estimate of drug-likeness (QED) is 0.580. The van der Waals surface area contributed by atoms with Gasteiger partial charge in [0.2, 0.25) is 0 Å². The van der Waals surface area contributed by atoms with E-state index in [1.165, 1.54) is 27.8 Å². The smallest absolute Gasteiger partial charge is 0.00258 e. The second-order valence-corrected chi connectivity index (χ2v) is 5.15. The molecule has 3 rings (SSSR count). The Balaban J connectivity index is 1.86. The van der Waals surface area contributed by atoms with Crippen molar-refractivity contribution in [2.75, 3.05) is 0 Å². The van der Waals surface area contributed by atoms with Gasteiger partial charge < -0.3 is 0 Å². The molecule has 0 fully saturated rings. The molecular formula is C21H18. The summed E-state index contributed by atoms with van der Waals surface area (Å²) in [6.45, 7) is 3.89. The maximum Gasteiger partial charge on any atom is -0.00258 e. The highest BCUT2D eigenvalue weighted by atomic mass is 14.1. The topological polar surface area (TPSA) is 0 Å². The van der Waals surface area contributed by atoms with E-state index < -0.39 is 0 Å². The van der Waals surface area contributed by atoms with Crippen molar-refractivity contribution in [2.24, 2.45) is 0 Å². The molecule has 0 bridgehead atoms. The highest BCUT2D eigenvalue weighted by molar-refractivity contribution is 5.74. The lowest BCUT2D eigenvalue weighted by Crippen LogP contribution is -1.88. The van der Waals surface area contributed by atoms with Crippen LogP contribution in [0.2, 0.25) is 0 Å². The summed E-state index contributed by atoms with van der Waals surface area (Å²) in [6.07, 6.45) is 2.89. The number of hydrogen-bond acceptors (Lipinski definition) is 0. The van der Waals surface area contributed by atoms with Crippen LogP contribution in [0.5, 0.6) is 0 Å². The maximum atomic E-state index is 3.89. The molecule has 21 heavy (non-hydrogen) atoms. The molecule has 3 aromatic carbocycles. The zero-order valence-electron chi connectivity index (χ0n) is 12.0. The van der Waals surface area contributed by atoms with E-state index in [0.29, 0.717) is 0 Å². The van der Waals surface area contributed by atoms with Crippen molar-refractivity contribution in [3.05, 3.63) is 102 Å². The minimum Gasteiger partial charge on any atom is -0.0984 e. The van der Waals surface area contributed by atoms with Crippen LogP contribution in [0.25, 0.3) is 17.2 Å². The highest BCUT2D eigenvalue weighted by Crippen LogP contribution is 2.25. The van der Waals surface area contributed by atoms with E-state index >= 15 is 0 Å². The molecule has 0 saturated carbocycles. The first-order chi connectivity index (χ1) is 10.4. The fourth-order valence-electron chi connectivity index (χ4n) is 2.57. The fourth-order valence-corrected chi connectivity index (χ4v) is 2.57. The summed E-state index contributed by atoms with van der Waals surface area (Å²) in [5.74, 6) is 0. The predicted molar refractivity (Wildman–Crippen MR) is 91.2 cm³/mol. The summed E-state index contributed by atoms with van der Waals surface area (Å²) in [7, 11) is 0. The zero-order chi connectivity index (χ0) is 14.5. The Morgan fingerprint density at radius 1 is 0.667 bits per heavy atom. The Bertz CT molecular complexity index is 722. The summed E-state index contributed by atoms with van der Waals surface area (Å²) < 4.78 is 0. The van der Waals surface area contributed by atoms with Gasteiger partial charge in [0.25, 0.3) is 0 Å². The first-order valence-corrected chi connectivity index (χ1v) is 7.21. The van der Waals surface area contributed by atoms with E-state index in [1.807, 2.05) is 12.1 Å². The van der Waals surface area contributed by atoms with Gasteiger partial charge in [-0.25, -0.2) is 0 Å². The van der Waals surface area contributed by atoms with Crippen LogP contribution < -0.4 is 0 Å². The van der Waals surface area contributed by atoms with E-state index in [4.69, 9.17) is 0 Å². The molecule has 102 valence electrons. The van der Waals surface area contributed by atoms with Crippen molar-refractivity contribution in [1.82, 2.24) is 0 Å². The lowest BCUT2D eigenvalue weighted by atomic mass is 9.97. The first-order valence-electron chi connectivity index (χ1n) is 7.21. The standard InChI is InChI=1S/C21H18/c1-2-19-10-6-7-11-21(19)20-14-12-18(13-15-20)16-17-8-4-3-5-9-17/h2-15H,1,16H2. The van der Waals surface area contributed by atoms with Gasteiger partial charge in [0, 0.05) is 0 Å². The third kappa shape index (κ3) is 3.11. The molecule has 0 heterocycles. The third-order valence-electron chi connectivity index (χ3n) is 3.70. The molecule has 0 atom stereocenters. The molecule has 0 nitrogen and oxygen atoms in total. The van der Waals surface area contributed by atoms with Crippen molar-refractivity contribution in [1.29, 1.82) is 0 Å². The Labute approximate surface area is 126 Å². The lowest BCUT2D eigenvalue weighted by molar-refractivity contribution is 1.19. The van der Waals surface area contributed by atoms with Gasteiger partial charge >= 0.3 is 0 Å². The minimum absolute atomic E-state index is 0.976. The molecule has 0 aromatic heterocycles. The van der Waals surface area contributed by atoms with Gasteiger partial charge in [-0.15, -0.1) is 0 Å². The molecule has 0 spiro atoms. The molecule has 0 aliphatic heterocycles. The average Bonchev–Trinajstić information content (AvgIpc) is 2.56. The first kappa shape index (κ1) is 13.4. The number of benzene rings is 3. The SMILES string of the molecule is C=Cc1ccccc1-c1ccc(Cc2ccccc2)cc1. The van der Waals surface area contributed by atoms with Gasteiger partial charge in [-0.3, -0.25) is 0 Å². The average molecular weight is 270 g/mol. The number of rotatable bonds is 4. The van der Waals surface area contributed by atoms with E-state index in [1.54, 1.807) is 0 Å². The molecule has 0 unspecified atom stereocenters. The molecule has 0 heteroatoms. The van der Waals surface area contributed by atoms with Gasteiger partial charge in [-0.1, -0.05) is 91.5 Å². The molecule has 0 N–H and O–H groups in total. The molecule has 0 aliphatic rings. The minimum atomic E-state index is 0.976.